The molecule has 0 fully saturated rings. The lowest BCUT2D eigenvalue weighted by Gasteiger charge is -2.15. The topological polar surface area (TPSA) is 30.1 Å². The first-order valence-corrected chi connectivity index (χ1v) is 18.8. The summed E-state index contributed by atoms with van der Waals surface area (Å²) in [5.41, 5.74) is 12.1. The Bertz CT molecular complexity index is 3140. The van der Waals surface area contributed by atoms with Crippen LogP contribution in [-0.2, 0) is 0 Å². The van der Waals surface area contributed by atoms with E-state index in [0.29, 0.717) is 11.5 Å². The monoisotopic (exact) mass is 711 g/mol. The third-order valence-corrected chi connectivity index (χ3v) is 10.7. The molecule has 0 spiro atoms. The van der Waals surface area contributed by atoms with Crippen molar-refractivity contribution in [3.05, 3.63) is 212 Å². The molecule has 0 saturated carbocycles. The zero-order chi connectivity index (χ0) is 37.4. The molecule has 1 heterocycles. The lowest BCUT2D eigenvalue weighted by molar-refractivity contribution is 1.18. The van der Waals surface area contributed by atoms with Gasteiger partial charge in [0.2, 0.25) is 0 Å². The molecule has 0 aliphatic rings. The van der Waals surface area contributed by atoms with Crippen LogP contribution in [0.4, 0.5) is 5.69 Å². The minimum absolute atomic E-state index is 0.627. The van der Waals surface area contributed by atoms with Crippen LogP contribution in [0.3, 0.4) is 0 Å². The van der Waals surface area contributed by atoms with Crippen molar-refractivity contribution >= 4 is 38.0 Å². The fourth-order valence-corrected chi connectivity index (χ4v) is 7.89. The predicted octanol–water partition coefficient (Wildman–Crippen LogP) is 14.5. The summed E-state index contributed by atoms with van der Waals surface area (Å²) in [4.78, 5) is 13.8. The predicted molar refractivity (Wildman–Crippen MR) is 233 cm³/mol. The van der Waals surface area contributed by atoms with Crippen LogP contribution >= 0.6 is 0 Å². The van der Waals surface area contributed by atoms with Crippen LogP contribution in [0.25, 0.3) is 104 Å². The zero-order valence-corrected chi connectivity index (χ0v) is 30.4. The summed E-state index contributed by atoms with van der Waals surface area (Å²) in [6, 6.07) is 70.2. The molecule has 0 radical (unpaired) electrons. The summed E-state index contributed by atoms with van der Waals surface area (Å²) in [6.07, 6.45) is 0. The van der Waals surface area contributed by atoms with E-state index in [0.717, 1.165) is 50.3 Å². The van der Waals surface area contributed by atoms with Gasteiger partial charge in [-0.25, -0.2) is 14.8 Å². The van der Waals surface area contributed by atoms with Crippen LogP contribution in [0.1, 0.15) is 0 Å². The molecular weight excluding hydrogens is 679 g/mol. The minimum Gasteiger partial charge on any atom is -0.238 e. The lowest BCUT2D eigenvalue weighted by atomic mass is 9.88. The van der Waals surface area contributed by atoms with Gasteiger partial charge in [-0.1, -0.05) is 170 Å². The molecule has 0 aliphatic heterocycles. The minimum atomic E-state index is 0.627. The average Bonchev–Trinajstić information content (AvgIpc) is 3.28. The zero-order valence-electron chi connectivity index (χ0n) is 30.4. The van der Waals surface area contributed by atoms with Crippen LogP contribution in [0.15, 0.2) is 200 Å². The largest absolute Gasteiger partial charge is 0.238 e. The molecule has 3 heteroatoms. The van der Waals surface area contributed by atoms with Crippen molar-refractivity contribution in [1.82, 2.24) is 9.97 Å². The van der Waals surface area contributed by atoms with Gasteiger partial charge in [0, 0.05) is 16.7 Å². The van der Waals surface area contributed by atoms with Crippen LogP contribution < -0.4 is 0 Å². The molecule has 0 bridgehead atoms. The number of rotatable bonds is 6. The third-order valence-electron chi connectivity index (χ3n) is 10.7. The number of hydrogen-bond acceptors (Lipinski definition) is 2. The van der Waals surface area contributed by atoms with Gasteiger partial charge in [-0.15, -0.1) is 0 Å². The molecule has 1 aromatic heterocycles. The number of aromatic nitrogens is 2. The van der Waals surface area contributed by atoms with Gasteiger partial charge in [0.25, 0.3) is 0 Å². The molecule has 56 heavy (non-hydrogen) atoms. The molecular formula is C53H33N3. The van der Waals surface area contributed by atoms with E-state index in [1.165, 1.54) is 43.4 Å². The molecule has 0 atom stereocenters. The maximum atomic E-state index is 7.34. The maximum absolute atomic E-state index is 7.34. The number of benzene rings is 9. The Labute approximate surface area is 325 Å². The van der Waals surface area contributed by atoms with Gasteiger partial charge in [0.05, 0.1) is 18.0 Å². The van der Waals surface area contributed by atoms with Crippen molar-refractivity contribution in [2.45, 2.75) is 0 Å². The second-order valence-corrected chi connectivity index (χ2v) is 14.1. The number of fused-ring (bicyclic) bond motifs is 4. The fraction of sp³-hybridized carbons (Fsp3) is 0. The van der Waals surface area contributed by atoms with Gasteiger partial charge < -0.3 is 0 Å². The first-order chi connectivity index (χ1) is 27.7. The standard InChI is InChI=1S/C53H33N3/c1-54-45-27-24-35(25-28-45)38-16-9-19-42(30-38)50-34-51(56-53(55-50)37-13-3-2-4-14-37)43-20-10-17-39(31-43)40-18-11-21-44(32-40)52-47-23-8-6-15-41(47)33-49-46-22-7-5-12-36(46)26-29-48(49)52/h2-34H. The second-order valence-electron chi connectivity index (χ2n) is 14.1. The highest BCUT2D eigenvalue weighted by atomic mass is 14.9. The number of nitrogens with zero attached hydrogens (tertiary/aromatic N) is 3. The van der Waals surface area contributed by atoms with Crippen molar-refractivity contribution in [2.24, 2.45) is 0 Å². The van der Waals surface area contributed by atoms with E-state index in [1.807, 2.05) is 42.5 Å². The van der Waals surface area contributed by atoms with Crippen LogP contribution in [0.2, 0.25) is 0 Å². The van der Waals surface area contributed by atoms with Crippen molar-refractivity contribution in [3.8, 4) is 67.3 Å². The highest BCUT2D eigenvalue weighted by Crippen LogP contribution is 2.41. The molecule has 10 aromatic rings. The summed E-state index contributed by atoms with van der Waals surface area (Å²) in [5.74, 6) is 0.674. The summed E-state index contributed by atoms with van der Waals surface area (Å²) in [6.45, 7) is 7.34. The first-order valence-electron chi connectivity index (χ1n) is 18.8. The van der Waals surface area contributed by atoms with Crippen LogP contribution in [0, 0.1) is 6.57 Å². The molecule has 0 N–H and O–H groups in total. The first kappa shape index (κ1) is 32.9. The molecule has 10 rings (SSSR count). The van der Waals surface area contributed by atoms with Crippen molar-refractivity contribution in [1.29, 1.82) is 0 Å². The highest BCUT2D eigenvalue weighted by Gasteiger charge is 2.15. The molecule has 9 aromatic carbocycles. The summed E-state index contributed by atoms with van der Waals surface area (Å²) < 4.78 is 0. The molecule has 260 valence electrons. The van der Waals surface area contributed by atoms with Gasteiger partial charge >= 0.3 is 0 Å². The van der Waals surface area contributed by atoms with E-state index in [2.05, 4.69) is 163 Å². The van der Waals surface area contributed by atoms with Gasteiger partial charge in [-0.05, 0) is 96.0 Å². The van der Waals surface area contributed by atoms with Gasteiger partial charge in [0.15, 0.2) is 11.5 Å². The molecule has 0 amide bonds. The van der Waals surface area contributed by atoms with Crippen LogP contribution in [-0.4, -0.2) is 9.97 Å². The highest BCUT2D eigenvalue weighted by molar-refractivity contribution is 6.20. The quantitative estimate of drug-likeness (QED) is 0.0976. The molecule has 3 nitrogen and oxygen atoms in total. The Kier molecular flexibility index (Phi) is 8.21. The van der Waals surface area contributed by atoms with E-state index >= 15 is 0 Å². The normalized spacial score (nSPS) is 11.2. The Morgan fingerprint density at radius 3 is 1.54 bits per heavy atom. The second kappa shape index (κ2) is 14.0. The summed E-state index contributed by atoms with van der Waals surface area (Å²) in [5, 5.41) is 7.50. The van der Waals surface area contributed by atoms with Crippen LogP contribution in [0.5, 0.6) is 0 Å². The summed E-state index contributed by atoms with van der Waals surface area (Å²) >= 11 is 0. The maximum Gasteiger partial charge on any atom is 0.187 e. The average molecular weight is 712 g/mol. The molecule has 0 unspecified atom stereocenters. The van der Waals surface area contributed by atoms with Gasteiger partial charge in [0.1, 0.15) is 0 Å². The number of hydrogen-bond donors (Lipinski definition) is 0. The molecule has 0 saturated heterocycles. The van der Waals surface area contributed by atoms with Crippen molar-refractivity contribution in [3.63, 3.8) is 0 Å². The van der Waals surface area contributed by atoms with Gasteiger partial charge in [-0.2, -0.15) is 0 Å². The lowest BCUT2D eigenvalue weighted by Crippen LogP contribution is -1.96. The van der Waals surface area contributed by atoms with E-state index in [1.54, 1.807) is 0 Å². The SMILES string of the molecule is [C-]#[N+]c1ccc(-c2cccc(-c3cc(-c4cccc(-c5cccc(-c6c7ccccc7cc7c6ccc6ccccc67)c5)c4)nc(-c4ccccc4)n3)c2)cc1. The Morgan fingerprint density at radius 2 is 0.857 bits per heavy atom. The van der Waals surface area contributed by atoms with E-state index in [9.17, 15) is 0 Å². The fourth-order valence-electron chi connectivity index (χ4n) is 7.89. The summed E-state index contributed by atoms with van der Waals surface area (Å²) in [7, 11) is 0. The Hall–Kier alpha value is -7.67. The van der Waals surface area contributed by atoms with Crippen molar-refractivity contribution < 1.29 is 0 Å². The van der Waals surface area contributed by atoms with E-state index in [-0.39, 0.29) is 0 Å². The van der Waals surface area contributed by atoms with Gasteiger partial charge in [-0.3, -0.25) is 0 Å². The Morgan fingerprint density at radius 1 is 0.321 bits per heavy atom. The van der Waals surface area contributed by atoms with E-state index < -0.39 is 0 Å². The van der Waals surface area contributed by atoms with E-state index in [4.69, 9.17) is 16.5 Å². The molecule has 0 aliphatic carbocycles. The van der Waals surface area contributed by atoms with Crippen molar-refractivity contribution in [2.75, 3.05) is 0 Å². The Balaban J connectivity index is 1.09. The third kappa shape index (κ3) is 6.06. The smallest absolute Gasteiger partial charge is 0.187 e.